The Kier molecular flexibility index (Phi) is 5.16. The van der Waals surface area contributed by atoms with Crippen molar-refractivity contribution in [1.82, 2.24) is 4.72 Å². The van der Waals surface area contributed by atoms with Crippen LogP contribution in [0.1, 0.15) is 50.4 Å². The highest BCUT2D eigenvalue weighted by Gasteiger charge is 2.20. The van der Waals surface area contributed by atoms with E-state index in [1.54, 1.807) is 13.8 Å². The Morgan fingerprint density at radius 2 is 1.62 bits per heavy atom. The second-order valence-electron chi connectivity index (χ2n) is 7.13. The number of benzene rings is 2. The molecule has 0 saturated heterocycles. The third-order valence-corrected chi connectivity index (χ3v) is 5.59. The predicted octanol–water partition coefficient (Wildman–Crippen LogP) is 4.47. The van der Waals surface area contributed by atoms with Crippen LogP contribution in [0.25, 0.3) is 0 Å². The average molecular weight is 349 g/mol. The zero-order chi connectivity index (χ0) is 18.1. The third-order valence-electron chi connectivity index (χ3n) is 4.05. The van der Waals surface area contributed by atoms with Gasteiger partial charge >= 0.3 is 0 Å². The number of sulfonamides is 1. The molecule has 1 atom stereocenters. The molecule has 24 heavy (non-hydrogen) atoms. The highest BCUT2D eigenvalue weighted by molar-refractivity contribution is 7.89. The fourth-order valence-electron chi connectivity index (χ4n) is 2.42. The summed E-state index contributed by atoms with van der Waals surface area (Å²) in [6, 6.07) is 11.3. The quantitative estimate of drug-likeness (QED) is 0.885. The highest BCUT2D eigenvalue weighted by Crippen LogP contribution is 2.25. The molecule has 0 bridgehead atoms. The summed E-state index contributed by atoms with van der Waals surface area (Å²) in [6.07, 6.45) is 0. The SMILES string of the molecule is Cc1cc(S(=O)(=O)N[C@H](C)c2ccc(C(C)(C)C)cc2)ccc1F. The molecule has 0 fully saturated rings. The van der Waals surface area contributed by atoms with Gasteiger partial charge in [-0.05, 0) is 54.2 Å². The van der Waals surface area contributed by atoms with Crippen LogP contribution in [-0.4, -0.2) is 8.42 Å². The summed E-state index contributed by atoms with van der Waals surface area (Å²) < 4.78 is 40.9. The van der Waals surface area contributed by atoms with E-state index in [1.807, 2.05) is 24.3 Å². The van der Waals surface area contributed by atoms with E-state index < -0.39 is 15.8 Å². The van der Waals surface area contributed by atoms with Gasteiger partial charge in [-0.15, -0.1) is 0 Å². The van der Waals surface area contributed by atoms with E-state index in [0.717, 1.165) is 5.56 Å². The van der Waals surface area contributed by atoms with Gasteiger partial charge in [0.25, 0.3) is 0 Å². The normalized spacial score (nSPS) is 13.8. The first-order chi connectivity index (χ1) is 11.0. The second-order valence-corrected chi connectivity index (χ2v) is 8.84. The van der Waals surface area contributed by atoms with Crippen molar-refractivity contribution in [3.8, 4) is 0 Å². The number of aryl methyl sites for hydroxylation is 1. The van der Waals surface area contributed by atoms with E-state index in [0.29, 0.717) is 5.56 Å². The molecule has 130 valence electrons. The minimum Gasteiger partial charge on any atom is -0.207 e. The van der Waals surface area contributed by atoms with Crippen molar-refractivity contribution in [3.05, 3.63) is 65.0 Å². The fraction of sp³-hybridized carbons (Fsp3) is 0.368. The molecular weight excluding hydrogens is 325 g/mol. The van der Waals surface area contributed by atoms with Gasteiger partial charge in [0.05, 0.1) is 4.90 Å². The lowest BCUT2D eigenvalue weighted by Crippen LogP contribution is -2.27. The molecule has 0 aliphatic carbocycles. The fourth-order valence-corrected chi connectivity index (χ4v) is 3.74. The van der Waals surface area contributed by atoms with Gasteiger partial charge in [0.1, 0.15) is 5.82 Å². The number of halogens is 1. The molecule has 0 unspecified atom stereocenters. The van der Waals surface area contributed by atoms with Crippen molar-refractivity contribution in [2.45, 2.75) is 51.0 Å². The molecule has 0 saturated carbocycles. The van der Waals surface area contributed by atoms with Crippen molar-refractivity contribution < 1.29 is 12.8 Å². The third kappa shape index (κ3) is 4.22. The molecule has 2 aromatic carbocycles. The van der Waals surface area contributed by atoms with Crippen molar-refractivity contribution in [3.63, 3.8) is 0 Å². The summed E-state index contributed by atoms with van der Waals surface area (Å²) >= 11 is 0. The maximum Gasteiger partial charge on any atom is 0.241 e. The van der Waals surface area contributed by atoms with E-state index in [-0.39, 0.29) is 16.4 Å². The van der Waals surface area contributed by atoms with Crippen molar-refractivity contribution in [2.75, 3.05) is 0 Å². The average Bonchev–Trinajstić information content (AvgIpc) is 2.48. The zero-order valence-corrected chi connectivity index (χ0v) is 15.5. The van der Waals surface area contributed by atoms with Crippen LogP contribution >= 0.6 is 0 Å². The summed E-state index contributed by atoms with van der Waals surface area (Å²) in [4.78, 5) is 0.0690. The van der Waals surface area contributed by atoms with Crippen LogP contribution in [0.4, 0.5) is 4.39 Å². The predicted molar refractivity (Wildman–Crippen MR) is 95.0 cm³/mol. The molecule has 2 aromatic rings. The number of hydrogen-bond donors (Lipinski definition) is 1. The van der Waals surface area contributed by atoms with Crippen LogP contribution in [0.2, 0.25) is 0 Å². The Balaban J connectivity index is 2.21. The summed E-state index contributed by atoms with van der Waals surface area (Å²) in [5, 5.41) is 0. The van der Waals surface area contributed by atoms with Crippen LogP contribution < -0.4 is 4.72 Å². The van der Waals surface area contributed by atoms with Crippen molar-refractivity contribution in [1.29, 1.82) is 0 Å². The van der Waals surface area contributed by atoms with Crippen molar-refractivity contribution in [2.24, 2.45) is 0 Å². The van der Waals surface area contributed by atoms with Gasteiger partial charge in [0.15, 0.2) is 0 Å². The zero-order valence-electron chi connectivity index (χ0n) is 14.7. The van der Waals surface area contributed by atoms with Crippen LogP contribution in [0.5, 0.6) is 0 Å². The minimum atomic E-state index is -3.70. The first-order valence-corrected chi connectivity index (χ1v) is 9.38. The molecule has 1 N–H and O–H groups in total. The Morgan fingerprint density at radius 1 is 1.04 bits per heavy atom. The van der Waals surface area contributed by atoms with E-state index >= 15 is 0 Å². The summed E-state index contributed by atoms with van der Waals surface area (Å²) in [5.74, 6) is -0.417. The standard InChI is InChI=1S/C19H24FNO2S/c1-13-12-17(10-11-18(13)20)24(22,23)21-14(2)15-6-8-16(9-7-15)19(3,4)5/h6-12,14,21H,1-5H3/t14-/m1/s1. The second kappa shape index (κ2) is 6.65. The Labute approximate surface area is 144 Å². The van der Waals surface area contributed by atoms with Gasteiger partial charge in [-0.25, -0.2) is 17.5 Å². The van der Waals surface area contributed by atoms with Gasteiger partial charge in [-0.1, -0.05) is 45.0 Å². The molecule has 5 heteroatoms. The van der Waals surface area contributed by atoms with Crippen LogP contribution in [0, 0.1) is 12.7 Å². The molecular formula is C19H24FNO2S. The molecule has 0 amide bonds. The molecule has 0 aromatic heterocycles. The molecule has 0 heterocycles. The molecule has 0 spiro atoms. The number of nitrogens with one attached hydrogen (secondary N) is 1. The summed E-state index contributed by atoms with van der Waals surface area (Å²) in [6.45, 7) is 9.73. The number of rotatable bonds is 4. The topological polar surface area (TPSA) is 46.2 Å². The first kappa shape index (κ1) is 18.6. The molecule has 0 aliphatic heterocycles. The smallest absolute Gasteiger partial charge is 0.207 e. The van der Waals surface area contributed by atoms with Crippen LogP contribution in [0.15, 0.2) is 47.4 Å². The molecule has 0 aliphatic rings. The maximum atomic E-state index is 13.3. The summed E-state index contributed by atoms with van der Waals surface area (Å²) in [5.41, 5.74) is 2.42. The van der Waals surface area contributed by atoms with Crippen LogP contribution in [-0.2, 0) is 15.4 Å². The minimum absolute atomic E-state index is 0.0485. The van der Waals surface area contributed by atoms with Gasteiger partial charge in [0, 0.05) is 6.04 Å². The number of hydrogen-bond acceptors (Lipinski definition) is 2. The van der Waals surface area contributed by atoms with E-state index in [1.165, 1.54) is 23.8 Å². The largest absolute Gasteiger partial charge is 0.241 e. The monoisotopic (exact) mass is 349 g/mol. The van der Waals surface area contributed by atoms with E-state index in [2.05, 4.69) is 25.5 Å². The molecule has 3 nitrogen and oxygen atoms in total. The lowest BCUT2D eigenvalue weighted by molar-refractivity contribution is 0.564. The van der Waals surface area contributed by atoms with E-state index in [4.69, 9.17) is 0 Å². The lowest BCUT2D eigenvalue weighted by atomic mass is 9.86. The molecule has 0 radical (unpaired) electrons. The van der Waals surface area contributed by atoms with Gasteiger partial charge in [0.2, 0.25) is 10.0 Å². The van der Waals surface area contributed by atoms with Crippen molar-refractivity contribution >= 4 is 10.0 Å². The first-order valence-electron chi connectivity index (χ1n) is 7.89. The van der Waals surface area contributed by atoms with E-state index in [9.17, 15) is 12.8 Å². The Hall–Kier alpha value is -1.72. The highest BCUT2D eigenvalue weighted by atomic mass is 32.2. The summed E-state index contributed by atoms with van der Waals surface area (Å²) in [7, 11) is -3.70. The Bertz CT molecular complexity index is 821. The maximum absolute atomic E-state index is 13.3. The Morgan fingerprint density at radius 3 is 2.12 bits per heavy atom. The molecule has 2 rings (SSSR count). The van der Waals surface area contributed by atoms with Gasteiger partial charge in [-0.2, -0.15) is 0 Å². The van der Waals surface area contributed by atoms with Gasteiger partial charge < -0.3 is 0 Å². The van der Waals surface area contributed by atoms with Crippen LogP contribution in [0.3, 0.4) is 0 Å². The lowest BCUT2D eigenvalue weighted by Gasteiger charge is -2.20. The van der Waals surface area contributed by atoms with Gasteiger partial charge in [-0.3, -0.25) is 0 Å².